The Morgan fingerprint density at radius 3 is 2.50 bits per heavy atom. The molecule has 0 heterocycles. The molecule has 6 heavy (non-hydrogen) atoms. The van der Waals surface area contributed by atoms with Gasteiger partial charge in [-0.2, -0.15) is 0 Å². The second-order valence-electron chi connectivity index (χ2n) is 1.22. The molecule has 0 aliphatic heterocycles. The monoisotopic (exact) mass is 220 g/mol. The Morgan fingerprint density at radius 1 is 1.67 bits per heavy atom. The first kappa shape index (κ1) is 7.22. The van der Waals surface area contributed by atoms with E-state index in [-0.39, 0.29) is 0 Å². The van der Waals surface area contributed by atoms with E-state index in [0.29, 0.717) is 20.4 Å². The Hall–Kier alpha value is 1.22. The van der Waals surface area contributed by atoms with E-state index >= 15 is 0 Å². The molecule has 0 saturated carbocycles. The molecule has 0 spiro atoms. The van der Waals surface area contributed by atoms with Crippen LogP contribution in [0.4, 0.5) is 0 Å². The molecule has 0 nitrogen and oxygen atoms in total. The minimum absolute atomic E-state index is 0.381. The summed E-state index contributed by atoms with van der Waals surface area (Å²) < 4.78 is 1.51. The zero-order valence-electron chi connectivity index (χ0n) is 4.11. The van der Waals surface area contributed by atoms with E-state index in [1.54, 1.807) is 0 Å². The van der Waals surface area contributed by atoms with E-state index < -0.39 is 0 Å². The van der Waals surface area contributed by atoms with E-state index in [2.05, 4.69) is 13.9 Å². The van der Waals surface area contributed by atoms with Crippen LogP contribution in [0.2, 0.25) is 4.47 Å². The fraction of sp³-hybridized carbons (Fsp3) is 1.00. The van der Waals surface area contributed by atoms with Crippen LogP contribution in [0.25, 0.3) is 0 Å². The summed E-state index contributed by atoms with van der Waals surface area (Å²) in [5, 5.41) is 0. The van der Waals surface area contributed by atoms with Gasteiger partial charge in [0.2, 0.25) is 0 Å². The van der Waals surface area contributed by atoms with Gasteiger partial charge in [-0.3, -0.25) is 0 Å². The average Bonchev–Trinajstić information content (AvgIpc) is 1.61. The van der Waals surface area contributed by atoms with Gasteiger partial charge in [0.15, 0.2) is 0 Å². The van der Waals surface area contributed by atoms with E-state index in [4.69, 9.17) is 0 Å². The van der Waals surface area contributed by atoms with Crippen molar-refractivity contribution < 1.29 is 0 Å². The van der Waals surface area contributed by atoms with Crippen LogP contribution in [0, 0.1) is 0 Å². The normalized spacial score (nSPS) is 9.00. The zero-order valence-corrected chi connectivity index (χ0v) is 7.59. The molecule has 0 aromatic rings. The summed E-state index contributed by atoms with van der Waals surface area (Å²) in [7, 11) is 0. The summed E-state index contributed by atoms with van der Waals surface area (Å²) in [6, 6.07) is 0. The van der Waals surface area contributed by atoms with Gasteiger partial charge in [0.05, 0.1) is 0 Å². The molecule has 0 aliphatic rings. The van der Waals surface area contributed by atoms with Crippen LogP contribution < -0.4 is 0 Å². The molecule has 38 valence electrons. The fourth-order valence-corrected chi connectivity index (χ4v) is 2.65. The standard InChI is InChI=1S/C4H11PTe/c1-2-3-4-6-5/h2-5H2,1H3. The Balaban J connectivity index is 2.34. The van der Waals surface area contributed by atoms with Crippen molar-refractivity contribution in [2.75, 3.05) is 0 Å². The molecule has 0 rings (SSSR count). The first-order valence-electron chi connectivity index (χ1n) is 2.23. The number of hydrogen-bond donors (Lipinski definition) is 0. The van der Waals surface area contributed by atoms with Crippen molar-refractivity contribution in [1.29, 1.82) is 0 Å². The maximum atomic E-state index is 2.86. The molecule has 0 fully saturated rings. The molecular weight excluding hydrogens is 207 g/mol. The van der Waals surface area contributed by atoms with Crippen LogP contribution in [0.3, 0.4) is 0 Å². The molecular formula is C4H11PTe. The second kappa shape index (κ2) is 6.22. The van der Waals surface area contributed by atoms with Gasteiger partial charge in [-0.05, 0) is 0 Å². The molecule has 1 atom stereocenters. The topological polar surface area (TPSA) is 0 Å². The third kappa shape index (κ3) is 5.22. The summed E-state index contributed by atoms with van der Waals surface area (Å²) in [6.07, 6.45) is 2.82. The molecule has 0 radical (unpaired) electrons. The Bertz CT molecular complexity index is 19.5. The fourth-order valence-electron chi connectivity index (χ4n) is 0.228. The number of rotatable bonds is 3. The van der Waals surface area contributed by atoms with Gasteiger partial charge in [0.1, 0.15) is 0 Å². The Kier molecular flexibility index (Phi) is 7.48. The molecule has 0 aliphatic carbocycles. The predicted molar refractivity (Wildman–Crippen MR) is 35.2 cm³/mol. The molecule has 0 saturated heterocycles. The van der Waals surface area contributed by atoms with Crippen LogP contribution in [0.15, 0.2) is 0 Å². The quantitative estimate of drug-likeness (QED) is 0.384. The van der Waals surface area contributed by atoms with Gasteiger partial charge in [-0.1, -0.05) is 0 Å². The Labute approximate surface area is 51.7 Å². The van der Waals surface area contributed by atoms with Crippen LogP contribution in [0.1, 0.15) is 19.8 Å². The van der Waals surface area contributed by atoms with E-state index in [0.717, 1.165) is 0 Å². The van der Waals surface area contributed by atoms with Crippen molar-refractivity contribution in [3.05, 3.63) is 0 Å². The minimum atomic E-state index is 0.381. The van der Waals surface area contributed by atoms with Gasteiger partial charge < -0.3 is 0 Å². The van der Waals surface area contributed by atoms with E-state index in [1.165, 1.54) is 17.3 Å². The summed E-state index contributed by atoms with van der Waals surface area (Å²) >= 11 is 0.381. The summed E-state index contributed by atoms with van der Waals surface area (Å²) in [6.45, 7) is 5.10. The van der Waals surface area contributed by atoms with Gasteiger partial charge >= 0.3 is 51.5 Å². The van der Waals surface area contributed by atoms with Crippen LogP contribution in [-0.4, -0.2) is 20.4 Å². The SMILES string of the molecule is CCCC[Te]P. The second-order valence-corrected chi connectivity index (χ2v) is 5.58. The predicted octanol–water partition coefficient (Wildman–Crippen LogP) is 1.70. The van der Waals surface area contributed by atoms with Crippen LogP contribution in [0.5, 0.6) is 0 Å². The van der Waals surface area contributed by atoms with E-state index in [1.807, 2.05) is 0 Å². The van der Waals surface area contributed by atoms with Crippen molar-refractivity contribution in [2.24, 2.45) is 0 Å². The maximum absolute atomic E-state index is 2.86. The average molecular weight is 218 g/mol. The Morgan fingerprint density at radius 2 is 2.33 bits per heavy atom. The molecule has 1 unspecified atom stereocenters. The van der Waals surface area contributed by atoms with Crippen LogP contribution in [-0.2, 0) is 0 Å². The molecule has 2 heteroatoms. The molecule has 0 amide bonds. The summed E-state index contributed by atoms with van der Waals surface area (Å²) in [5.74, 6) is 0. The number of unbranched alkanes of at least 4 members (excludes halogenated alkanes) is 1. The van der Waals surface area contributed by atoms with Gasteiger partial charge in [0.25, 0.3) is 0 Å². The van der Waals surface area contributed by atoms with Gasteiger partial charge in [0, 0.05) is 0 Å². The summed E-state index contributed by atoms with van der Waals surface area (Å²) in [4.78, 5) is 0. The molecule has 0 bridgehead atoms. The van der Waals surface area contributed by atoms with Crippen molar-refractivity contribution in [1.82, 2.24) is 0 Å². The molecule has 0 aromatic heterocycles. The van der Waals surface area contributed by atoms with Crippen LogP contribution >= 0.6 is 6.93 Å². The van der Waals surface area contributed by atoms with Gasteiger partial charge in [-0.25, -0.2) is 0 Å². The van der Waals surface area contributed by atoms with Crippen molar-refractivity contribution in [3.8, 4) is 0 Å². The number of hydrogen-bond acceptors (Lipinski definition) is 0. The van der Waals surface area contributed by atoms with Crippen molar-refractivity contribution >= 4 is 27.3 Å². The third-order valence-corrected chi connectivity index (χ3v) is 3.69. The van der Waals surface area contributed by atoms with E-state index in [9.17, 15) is 0 Å². The molecule has 0 N–H and O–H groups in total. The van der Waals surface area contributed by atoms with Crippen molar-refractivity contribution in [3.63, 3.8) is 0 Å². The van der Waals surface area contributed by atoms with Crippen molar-refractivity contribution in [2.45, 2.75) is 24.2 Å². The zero-order chi connectivity index (χ0) is 4.83. The van der Waals surface area contributed by atoms with Gasteiger partial charge in [-0.15, -0.1) is 0 Å². The summed E-state index contributed by atoms with van der Waals surface area (Å²) in [5.41, 5.74) is 0. The first-order valence-corrected chi connectivity index (χ1v) is 8.39. The molecule has 0 aromatic carbocycles. The third-order valence-electron chi connectivity index (χ3n) is 0.616. The first-order chi connectivity index (χ1) is 2.91.